The molecule has 0 aliphatic heterocycles. The van der Waals surface area contributed by atoms with Crippen LogP contribution in [0.25, 0.3) is 0 Å². The molecule has 1 aromatic heterocycles. The molecule has 0 unspecified atom stereocenters. The van der Waals surface area contributed by atoms with Gasteiger partial charge in [0.1, 0.15) is 12.4 Å². The number of aromatic nitrogens is 2. The number of ether oxygens (including phenoxy) is 1. The van der Waals surface area contributed by atoms with Crippen LogP contribution in [0.3, 0.4) is 0 Å². The molecule has 21 heavy (non-hydrogen) atoms. The molecular formula is C16H22ClN3O. The van der Waals surface area contributed by atoms with Crippen LogP contribution in [-0.4, -0.2) is 16.3 Å². The Morgan fingerprint density at radius 2 is 2.14 bits per heavy atom. The van der Waals surface area contributed by atoms with Crippen LogP contribution in [0, 0.1) is 0 Å². The van der Waals surface area contributed by atoms with E-state index in [1.807, 2.05) is 35.1 Å². The molecule has 0 saturated heterocycles. The molecular weight excluding hydrogens is 286 g/mol. The topological polar surface area (TPSA) is 39.1 Å². The first-order valence-electron chi connectivity index (χ1n) is 7.26. The molecule has 0 amide bonds. The molecule has 2 rings (SSSR count). The maximum Gasteiger partial charge on any atom is 0.132 e. The Morgan fingerprint density at radius 1 is 1.33 bits per heavy atom. The number of nitrogens with one attached hydrogen (secondary N) is 1. The molecule has 0 fully saturated rings. The molecule has 1 heterocycles. The van der Waals surface area contributed by atoms with Gasteiger partial charge in [-0.15, -0.1) is 0 Å². The van der Waals surface area contributed by atoms with E-state index in [4.69, 9.17) is 16.3 Å². The van der Waals surface area contributed by atoms with Crippen molar-refractivity contribution in [1.29, 1.82) is 0 Å². The van der Waals surface area contributed by atoms with Crippen LogP contribution in [-0.2, 0) is 13.2 Å². The maximum atomic E-state index is 6.05. The molecule has 0 radical (unpaired) electrons. The fourth-order valence-electron chi connectivity index (χ4n) is 1.98. The van der Waals surface area contributed by atoms with Crippen LogP contribution in [0.2, 0.25) is 5.02 Å². The van der Waals surface area contributed by atoms with Gasteiger partial charge < -0.3 is 10.1 Å². The van der Waals surface area contributed by atoms with E-state index in [1.165, 1.54) is 0 Å². The third-order valence-electron chi connectivity index (χ3n) is 3.16. The lowest BCUT2D eigenvalue weighted by molar-refractivity contribution is 0.295. The Bertz CT molecular complexity index is 581. The lowest BCUT2D eigenvalue weighted by atomic mass is 10.2. The van der Waals surface area contributed by atoms with Gasteiger partial charge in [0.05, 0.1) is 5.69 Å². The van der Waals surface area contributed by atoms with Crippen LogP contribution in [0.1, 0.15) is 38.1 Å². The monoisotopic (exact) mass is 307 g/mol. The van der Waals surface area contributed by atoms with E-state index in [9.17, 15) is 0 Å². The van der Waals surface area contributed by atoms with Crippen molar-refractivity contribution in [2.24, 2.45) is 0 Å². The van der Waals surface area contributed by atoms with Crippen molar-refractivity contribution < 1.29 is 4.74 Å². The number of nitrogens with zero attached hydrogens (tertiary/aromatic N) is 2. The third-order valence-corrected chi connectivity index (χ3v) is 3.39. The first-order valence-corrected chi connectivity index (χ1v) is 7.64. The fraction of sp³-hybridized carbons (Fsp3) is 0.438. The van der Waals surface area contributed by atoms with Crippen molar-refractivity contribution in [3.05, 3.63) is 46.7 Å². The van der Waals surface area contributed by atoms with Gasteiger partial charge in [-0.25, -0.2) is 0 Å². The molecule has 1 N–H and O–H groups in total. The second-order valence-electron chi connectivity index (χ2n) is 5.20. The molecule has 0 bridgehead atoms. The zero-order chi connectivity index (χ0) is 15.2. The lowest BCUT2D eigenvalue weighted by Gasteiger charge is -2.11. The smallest absolute Gasteiger partial charge is 0.132 e. The summed E-state index contributed by atoms with van der Waals surface area (Å²) in [6.45, 7) is 8.39. The van der Waals surface area contributed by atoms with Crippen LogP contribution in [0.15, 0.2) is 30.5 Å². The number of rotatable bonds is 7. The third kappa shape index (κ3) is 4.48. The van der Waals surface area contributed by atoms with Gasteiger partial charge >= 0.3 is 0 Å². The Morgan fingerprint density at radius 3 is 2.81 bits per heavy atom. The second-order valence-corrected chi connectivity index (χ2v) is 5.64. The minimum absolute atomic E-state index is 0.360. The Kier molecular flexibility index (Phi) is 5.65. The van der Waals surface area contributed by atoms with Crippen molar-refractivity contribution in [3.8, 4) is 5.75 Å². The summed E-state index contributed by atoms with van der Waals surface area (Å²) in [5, 5.41) is 8.50. The van der Waals surface area contributed by atoms with E-state index < -0.39 is 0 Å². The van der Waals surface area contributed by atoms with Gasteiger partial charge in [-0.1, -0.05) is 18.5 Å². The first kappa shape index (κ1) is 15.9. The summed E-state index contributed by atoms with van der Waals surface area (Å²) >= 11 is 6.05. The molecule has 0 atom stereocenters. The van der Waals surface area contributed by atoms with Crippen LogP contribution < -0.4 is 10.1 Å². The average molecular weight is 308 g/mol. The number of hydrogen-bond acceptors (Lipinski definition) is 3. The number of halogens is 1. The molecule has 0 aliphatic rings. The Labute approximate surface area is 131 Å². The highest BCUT2D eigenvalue weighted by atomic mass is 35.5. The van der Waals surface area contributed by atoms with E-state index in [0.717, 1.165) is 35.1 Å². The van der Waals surface area contributed by atoms with Gasteiger partial charge in [0.25, 0.3) is 0 Å². The standard InChI is InChI=1S/C16H22ClN3O/c1-4-18-10-13-9-14(17)5-6-16(13)21-11-15-7-8-20(19-15)12(2)3/h5-9,12,18H,4,10-11H2,1-3H3. The summed E-state index contributed by atoms with van der Waals surface area (Å²) in [6.07, 6.45) is 1.98. The van der Waals surface area contributed by atoms with Gasteiger partial charge in [-0.2, -0.15) is 5.10 Å². The lowest BCUT2D eigenvalue weighted by Crippen LogP contribution is -2.13. The van der Waals surface area contributed by atoms with Gasteiger partial charge in [-0.3, -0.25) is 4.68 Å². The SMILES string of the molecule is CCNCc1cc(Cl)ccc1OCc1ccn(C(C)C)n1. The summed E-state index contributed by atoms with van der Waals surface area (Å²) in [5.74, 6) is 0.847. The van der Waals surface area contributed by atoms with Crippen LogP contribution in [0.5, 0.6) is 5.75 Å². The highest BCUT2D eigenvalue weighted by molar-refractivity contribution is 6.30. The molecule has 1 aromatic carbocycles. The van der Waals surface area contributed by atoms with Crippen molar-refractivity contribution in [1.82, 2.24) is 15.1 Å². The van der Waals surface area contributed by atoms with Gasteiger partial charge in [0, 0.05) is 29.4 Å². The molecule has 0 saturated carbocycles. The van der Waals surface area contributed by atoms with Crippen LogP contribution in [0.4, 0.5) is 0 Å². The molecule has 4 nitrogen and oxygen atoms in total. The van der Waals surface area contributed by atoms with Gasteiger partial charge in [0.2, 0.25) is 0 Å². The maximum absolute atomic E-state index is 6.05. The zero-order valence-electron chi connectivity index (χ0n) is 12.8. The number of hydrogen-bond donors (Lipinski definition) is 1. The molecule has 0 aliphatic carbocycles. The predicted molar refractivity (Wildman–Crippen MR) is 85.8 cm³/mol. The minimum Gasteiger partial charge on any atom is -0.487 e. The summed E-state index contributed by atoms with van der Waals surface area (Å²) in [4.78, 5) is 0. The first-order chi connectivity index (χ1) is 10.1. The normalized spacial score (nSPS) is 11.1. The van der Waals surface area contributed by atoms with E-state index in [-0.39, 0.29) is 0 Å². The van der Waals surface area contributed by atoms with Crippen molar-refractivity contribution in [2.75, 3.05) is 6.54 Å². The van der Waals surface area contributed by atoms with Crippen molar-refractivity contribution in [3.63, 3.8) is 0 Å². The zero-order valence-corrected chi connectivity index (χ0v) is 13.5. The van der Waals surface area contributed by atoms with Crippen LogP contribution >= 0.6 is 11.6 Å². The number of benzene rings is 1. The van der Waals surface area contributed by atoms with E-state index in [2.05, 4.69) is 31.2 Å². The quantitative estimate of drug-likeness (QED) is 0.845. The molecule has 114 valence electrons. The summed E-state index contributed by atoms with van der Waals surface area (Å²) in [5.41, 5.74) is 1.99. The molecule has 5 heteroatoms. The highest BCUT2D eigenvalue weighted by Gasteiger charge is 2.07. The van der Waals surface area contributed by atoms with Gasteiger partial charge in [-0.05, 0) is 44.7 Å². The molecule has 2 aromatic rings. The predicted octanol–water partition coefficient (Wildman–Crippen LogP) is 3.81. The van der Waals surface area contributed by atoms with E-state index in [0.29, 0.717) is 12.6 Å². The van der Waals surface area contributed by atoms with Crippen molar-refractivity contribution in [2.45, 2.75) is 40.0 Å². The largest absolute Gasteiger partial charge is 0.487 e. The average Bonchev–Trinajstić information content (AvgIpc) is 2.93. The highest BCUT2D eigenvalue weighted by Crippen LogP contribution is 2.23. The van der Waals surface area contributed by atoms with Crippen molar-refractivity contribution >= 4 is 11.6 Å². The Hall–Kier alpha value is -1.52. The second kappa shape index (κ2) is 7.48. The fourth-order valence-corrected chi connectivity index (χ4v) is 2.18. The Balaban J connectivity index is 2.04. The minimum atomic E-state index is 0.360. The van der Waals surface area contributed by atoms with E-state index in [1.54, 1.807) is 0 Å². The van der Waals surface area contributed by atoms with E-state index >= 15 is 0 Å². The molecule has 0 spiro atoms. The summed E-state index contributed by atoms with van der Waals surface area (Å²) in [7, 11) is 0. The van der Waals surface area contributed by atoms with Gasteiger partial charge in [0.15, 0.2) is 0 Å². The summed E-state index contributed by atoms with van der Waals surface area (Å²) in [6, 6.07) is 8.04. The summed E-state index contributed by atoms with van der Waals surface area (Å²) < 4.78 is 7.82.